The van der Waals surface area contributed by atoms with E-state index in [1.165, 1.54) is 24.8 Å². The number of allylic oxidation sites excluding steroid dienone is 3. The molecule has 0 aromatic carbocycles. The highest BCUT2D eigenvalue weighted by atomic mass is 16.1. The monoisotopic (exact) mass is 312 g/mol. The summed E-state index contributed by atoms with van der Waals surface area (Å²) >= 11 is 0. The van der Waals surface area contributed by atoms with Gasteiger partial charge in [-0.3, -0.25) is 4.79 Å². The molecule has 0 aromatic heterocycles. The van der Waals surface area contributed by atoms with Gasteiger partial charge in [-0.1, -0.05) is 25.0 Å². The van der Waals surface area contributed by atoms with E-state index in [0.717, 1.165) is 49.9 Å². The van der Waals surface area contributed by atoms with Gasteiger partial charge in [-0.05, 0) is 73.5 Å². The Morgan fingerprint density at radius 2 is 2.04 bits per heavy atom. The molecule has 0 heterocycles. The molecule has 124 valence electrons. The summed E-state index contributed by atoms with van der Waals surface area (Å²) < 4.78 is 0. The zero-order chi connectivity index (χ0) is 16.2. The van der Waals surface area contributed by atoms with Gasteiger partial charge in [-0.2, -0.15) is 0 Å². The highest BCUT2D eigenvalue weighted by Gasteiger charge is 2.56. The maximum atomic E-state index is 11.9. The standard InChI is InChI=1S/C21H28O2/c1-13-11-14-12-16(23)4-5-17(14)18-7-9-21(2)15(8-10-22)3-6-19(21)20(13)18/h8,13,15,18-20H,3-7,9,11-12H2,1-2H3/t13-,15+,18-,19+,20-,21-/m1/s1. The van der Waals surface area contributed by atoms with E-state index in [9.17, 15) is 9.59 Å². The topological polar surface area (TPSA) is 34.1 Å². The third-order valence-electron chi connectivity index (χ3n) is 7.89. The maximum absolute atomic E-state index is 11.9. The normalized spacial score (nSPS) is 45.8. The van der Waals surface area contributed by atoms with Crippen LogP contribution in [0.3, 0.4) is 0 Å². The summed E-state index contributed by atoms with van der Waals surface area (Å²) in [7, 11) is 0. The first-order valence-electron chi connectivity index (χ1n) is 9.48. The molecule has 2 saturated carbocycles. The summed E-state index contributed by atoms with van der Waals surface area (Å²) in [5.41, 5.74) is 3.47. The average molecular weight is 312 g/mol. The molecular formula is C21H28O2. The van der Waals surface area contributed by atoms with E-state index < -0.39 is 0 Å². The Hall–Kier alpha value is -1.14. The van der Waals surface area contributed by atoms with Crippen LogP contribution < -0.4 is 0 Å². The van der Waals surface area contributed by atoms with Gasteiger partial charge in [-0.15, -0.1) is 0 Å². The van der Waals surface area contributed by atoms with Gasteiger partial charge in [0.1, 0.15) is 11.7 Å². The van der Waals surface area contributed by atoms with Crippen LogP contribution in [0.2, 0.25) is 0 Å². The number of ketones is 1. The molecule has 0 radical (unpaired) electrons. The lowest BCUT2D eigenvalue weighted by molar-refractivity contribution is -0.119. The van der Waals surface area contributed by atoms with Crippen LogP contribution >= 0.6 is 0 Å². The first-order chi connectivity index (χ1) is 11.0. The molecule has 4 aliphatic rings. The summed E-state index contributed by atoms with van der Waals surface area (Å²) in [6, 6.07) is 0. The predicted molar refractivity (Wildman–Crippen MR) is 90.5 cm³/mol. The van der Waals surface area contributed by atoms with Gasteiger partial charge in [0.15, 0.2) is 0 Å². The van der Waals surface area contributed by atoms with Gasteiger partial charge < -0.3 is 0 Å². The van der Waals surface area contributed by atoms with E-state index in [0.29, 0.717) is 23.0 Å². The summed E-state index contributed by atoms with van der Waals surface area (Å²) in [5, 5.41) is 0. The molecule has 0 amide bonds. The van der Waals surface area contributed by atoms with Crippen LogP contribution in [0.4, 0.5) is 0 Å². The van der Waals surface area contributed by atoms with E-state index in [1.807, 2.05) is 6.08 Å². The Balaban J connectivity index is 1.68. The number of hydrogen-bond acceptors (Lipinski definition) is 2. The second kappa shape index (κ2) is 5.45. The third kappa shape index (κ3) is 2.22. The summed E-state index contributed by atoms with van der Waals surface area (Å²) in [4.78, 5) is 22.8. The van der Waals surface area contributed by atoms with Crippen LogP contribution in [0, 0.1) is 35.0 Å². The van der Waals surface area contributed by atoms with Crippen LogP contribution in [0.25, 0.3) is 0 Å². The van der Waals surface area contributed by atoms with Crippen LogP contribution in [-0.4, -0.2) is 11.7 Å². The minimum atomic E-state index is 0.301. The van der Waals surface area contributed by atoms with Crippen LogP contribution in [-0.2, 0) is 9.59 Å². The molecule has 4 rings (SSSR count). The number of fused-ring (bicyclic) bond motifs is 4. The zero-order valence-electron chi connectivity index (χ0n) is 14.4. The molecule has 0 aliphatic heterocycles. The van der Waals surface area contributed by atoms with Crippen molar-refractivity contribution in [2.24, 2.45) is 35.0 Å². The Morgan fingerprint density at radius 1 is 1.22 bits per heavy atom. The minimum Gasteiger partial charge on any atom is -0.299 e. The highest BCUT2D eigenvalue weighted by Crippen LogP contribution is 2.64. The van der Waals surface area contributed by atoms with Crippen molar-refractivity contribution in [2.75, 3.05) is 0 Å². The Morgan fingerprint density at radius 3 is 2.83 bits per heavy atom. The summed E-state index contributed by atoms with van der Waals surface area (Å²) in [6.07, 6.45) is 10.4. The van der Waals surface area contributed by atoms with Crippen molar-refractivity contribution >= 4 is 11.7 Å². The minimum absolute atomic E-state index is 0.301. The fourth-order valence-electron chi connectivity index (χ4n) is 6.86. The Bertz CT molecular complexity index is 609. The first-order valence-corrected chi connectivity index (χ1v) is 9.48. The molecule has 2 heteroatoms. The van der Waals surface area contributed by atoms with Crippen molar-refractivity contribution in [3.8, 4) is 0 Å². The molecule has 0 N–H and O–H groups in total. The van der Waals surface area contributed by atoms with Crippen LogP contribution in [0.15, 0.2) is 17.2 Å². The van der Waals surface area contributed by atoms with Crippen LogP contribution in [0.1, 0.15) is 65.2 Å². The van der Waals surface area contributed by atoms with E-state index in [2.05, 4.69) is 19.8 Å². The van der Waals surface area contributed by atoms with Crippen molar-refractivity contribution in [3.63, 3.8) is 0 Å². The number of carbonyl (C=O) groups is 1. The zero-order valence-corrected chi connectivity index (χ0v) is 14.4. The molecule has 6 atom stereocenters. The van der Waals surface area contributed by atoms with Crippen LogP contribution in [0.5, 0.6) is 0 Å². The van der Waals surface area contributed by atoms with Gasteiger partial charge in [-0.25, -0.2) is 4.79 Å². The molecule has 2 fully saturated rings. The molecule has 23 heavy (non-hydrogen) atoms. The number of hydrogen-bond donors (Lipinski definition) is 0. The number of carbonyl (C=O) groups excluding carboxylic acids is 2. The van der Waals surface area contributed by atoms with Gasteiger partial charge >= 0.3 is 0 Å². The molecule has 0 saturated heterocycles. The quantitative estimate of drug-likeness (QED) is 0.527. The van der Waals surface area contributed by atoms with E-state index in [-0.39, 0.29) is 0 Å². The molecular weight excluding hydrogens is 284 g/mol. The fraction of sp³-hybridized carbons (Fsp3) is 0.762. The Labute approximate surface area is 139 Å². The maximum Gasteiger partial charge on any atom is 0.137 e. The van der Waals surface area contributed by atoms with Crippen molar-refractivity contribution in [1.29, 1.82) is 0 Å². The largest absolute Gasteiger partial charge is 0.299 e. The van der Waals surface area contributed by atoms with E-state index in [1.54, 1.807) is 5.57 Å². The molecule has 0 unspecified atom stereocenters. The first kappa shape index (κ1) is 15.4. The summed E-state index contributed by atoms with van der Waals surface area (Å²) in [6.45, 7) is 4.84. The molecule has 0 aromatic rings. The molecule has 0 spiro atoms. The van der Waals surface area contributed by atoms with Gasteiger partial charge in [0, 0.05) is 18.9 Å². The lowest BCUT2D eigenvalue weighted by Crippen LogP contribution is -2.46. The fourth-order valence-corrected chi connectivity index (χ4v) is 6.86. The lowest BCUT2D eigenvalue weighted by Gasteiger charge is -2.54. The number of rotatable bonds is 1. The molecule has 2 nitrogen and oxygen atoms in total. The second-order valence-electron chi connectivity index (χ2n) is 8.83. The van der Waals surface area contributed by atoms with E-state index in [4.69, 9.17) is 0 Å². The Kier molecular flexibility index (Phi) is 3.65. The highest BCUT2D eigenvalue weighted by molar-refractivity contribution is 5.82. The molecule has 0 bridgehead atoms. The third-order valence-corrected chi connectivity index (χ3v) is 7.89. The van der Waals surface area contributed by atoms with Gasteiger partial charge in [0.25, 0.3) is 0 Å². The smallest absolute Gasteiger partial charge is 0.137 e. The average Bonchev–Trinajstić information content (AvgIpc) is 2.84. The SMILES string of the molecule is C[C@@H]1CC2=C(CCC(=O)C2)[C@H]2CC[C@]3(C)[C@H](C=C=O)CC[C@H]3[C@H]12. The molecule has 4 aliphatic carbocycles. The van der Waals surface area contributed by atoms with Crippen molar-refractivity contribution in [1.82, 2.24) is 0 Å². The summed E-state index contributed by atoms with van der Waals surface area (Å²) in [5.74, 6) is 5.89. The van der Waals surface area contributed by atoms with Crippen molar-refractivity contribution in [3.05, 3.63) is 17.2 Å². The van der Waals surface area contributed by atoms with E-state index >= 15 is 0 Å². The number of Topliss-reactive ketones (excluding diaryl/α,β-unsaturated/α-hetero) is 1. The van der Waals surface area contributed by atoms with Gasteiger partial charge in [0.2, 0.25) is 0 Å². The lowest BCUT2D eigenvalue weighted by atomic mass is 9.51. The predicted octanol–water partition coefficient (Wildman–Crippen LogP) is 4.52. The van der Waals surface area contributed by atoms with Gasteiger partial charge in [0.05, 0.1) is 0 Å². The van der Waals surface area contributed by atoms with Crippen molar-refractivity contribution < 1.29 is 9.59 Å². The second-order valence-corrected chi connectivity index (χ2v) is 8.83. The van der Waals surface area contributed by atoms with Crippen molar-refractivity contribution in [2.45, 2.75) is 65.2 Å².